The third-order valence-electron chi connectivity index (χ3n) is 2.75. The molecule has 1 aromatic heterocycles. The van der Waals surface area contributed by atoms with Gasteiger partial charge in [-0.25, -0.2) is 9.59 Å². The molecule has 0 saturated heterocycles. The summed E-state index contributed by atoms with van der Waals surface area (Å²) >= 11 is 0. The van der Waals surface area contributed by atoms with E-state index in [1.807, 2.05) is 0 Å². The van der Waals surface area contributed by atoms with Crippen molar-refractivity contribution < 1.29 is 19.1 Å². The van der Waals surface area contributed by atoms with E-state index in [0.717, 1.165) is 5.56 Å². The summed E-state index contributed by atoms with van der Waals surface area (Å²) in [4.78, 5) is 24.5. The summed E-state index contributed by atoms with van der Waals surface area (Å²) in [5, 5.41) is 11.6. The molecule has 2 aromatic rings. The number of benzene rings is 1. The third kappa shape index (κ3) is 3.17. The van der Waals surface area contributed by atoms with Crippen LogP contribution in [0.4, 0.5) is 10.5 Å². The first kappa shape index (κ1) is 13.7. The maximum Gasteiger partial charge on any atom is 0.337 e. The topological polar surface area (TPSA) is 82.8 Å². The summed E-state index contributed by atoms with van der Waals surface area (Å²) in [7, 11) is 1.62. The lowest BCUT2D eigenvalue weighted by atomic mass is 10.2. The van der Waals surface area contributed by atoms with Crippen molar-refractivity contribution in [3.8, 4) is 0 Å². The number of carboxylic acid groups (broad SMARTS) is 1. The first-order chi connectivity index (χ1) is 9.58. The number of rotatable bonds is 4. The molecule has 6 nitrogen and oxygen atoms in total. The molecule has 0 aliphatic carbocycles. The number of nitrogens with one attached hydrogen (secondary N) is 1. The summed E-state index contributed by atoms with van der Waals surface area (Å²) < 4.78 is 4.93. The summed E-state index contributed by atoms with van der Waals surface area (Å²) in [6.45, 7) is 0.373. The van der Waals surface area contributed by atoms with Gasteiger partial charge in [-0.2, -0.15) is 0 Å². The number of hydrogen-bond acceptors (Lipinski definition) is 3. The number of carboxylic acids is 1. The second-order valence-electron chi connectivity index (χ2n) is 4.27. The molecule has 0 atom stereocenters. The molecule has 1 aromatic carbocycles. The Balaban J connectivity index is 2.06. The highest BCUT2D eigenvalue weighted by atomic mass is 16.4. The van der Waals surface area contributed by atoms with Gasteiger partial charge in [0, 0.05) is 12.6 Å². The summed E-state index contributed by atoms with van der Waals surface area (Å²) in [6, 6.07) is 7.63. The number of urea groups is 1. The molecule has 0 saturated carbocycles. The maximum absolute atomic E-state index is 12.0. The lowest BCUT2D eigenvalue weighted by molar-refractivity contribution is 0.0698. The normalized spacial score (nSPS) is 10.1. The van der Waals surface area contributed by atoms with Crippen molar-refractivity contribution in [1.29, 1.82) is 0 Å². The smallest absolute Gasteiger partial charge is 0.337 e. The number of carbonyl (C=O) groups excluding carboxylic acids is 1. The van der Waals surface area contributed by atoms with Gasteiger partial charge >= 0.3 is 12.0 Å². The molecule has 0 radical (unpaired) electrons. The Hall–Kier alpha value is -2.76. The molecule has 20 heavy (non-hydrogen) atoms. The summed E-state index contributed by atoms with van der Waals surface area (Å²) in [5.41, 5.74) is 1.18. The van der Waals surface area contributed by atoms with Crippen molar-refractivity contribution in [1.82, 2.24) is 4.90 Å². The largest absolute Gasteiger partial charge is 0.478 e. The van der Waals surface area contributed by atoms with Crippen LogP contribution >= 0.6 is 0 Å². The minimum atomic E-state index is -1.08. The maximum atomic E-state index is 12.0. The Morgan fingerprint density at radius 3 is 2.70 bits per heavy atom. The molecule has 6 heteroatoms. The van der Waals surface area contributed by atoms with Gasteiger partial charge in [0.15, 0.2) is 0 Å². The van der Waals surface area contributed by atoms with Crippen LogP contribution < -0.4 is 5.32 Å². The molecule has 2 amide bonds. The van der Waals surface area contributed by atoms with Crippen LogP contribution in [0.5, 0.6) is 0 Å². The average Bonchev–Trinajstić information content (AvgIpc) is 2.91. The Bertz CT molecular complexity index is 607. The molecule has 0 aliphatic heterocycles. The van der Waals surface area contributed by atoms with E-state index in [0.29, 0.717) is 6.54 Å². The monoisotopic (exact) mass is 274 g/mol. The second kappa shape index (κ2) is 5.92. The van der Waals surface area contributed by atoms with Gasteiger partial charge in [0.1, 0.15) is 0 Å². The van der Waals surface area contributed by atoms with E-state index >= 15 is 0 Å². The SMILES string of the molecule is CN(Cc1ccoc1)C(=O)Nc1ccccc1C(=O)O. The minimum absolute atomic E-state index is 0.0533. The number of para-hydroxylation sites is 1. The number of anilines is 1. The first-order valence-electron chi connectivity index (χ1n) is 5.93. The zero-order chi connectivity index (χ0) is 14.5. The van der Waals surface area contributed by atoms with Gasteiger partial charge in [-0.15, -0.1) is 0 Å². The van der Waals surface area contributed by atoms with E-state index in [2.05, 4.69) is 5.32 Å². The van der Waals surface area contributed by atoms with E-state index in [-0.39, 0.29) is 17.3 Å². The van der Waals surface area contributed by atoms with E-state index < -0.39 is 5.97 Å². The van der Waals surface area contributed by atoms with E-state index in [1.165, 1.54) is 17.2 Å². The number of hydrogen-bond donors (Lipinski definition) is 2. The van der Waals surface area contributed by atoms with Gasteiger partial charge < -0.3 is 19.7 Å². The van der Waals surface area contributed by atoms with Crippen LogP contribution in [-0.2, 0) is 6.54 Å². The van der Waals surface area contributed by atoms with Crippen molar-refractivity contribution in [2.45, 2.75) is 6.54 Å². The highest BCUT2D eigenvalue weighted by Gasteiger charge is 2.14. The highest BCUT2D eigenvalue weighted by Crippen LogP contribution is 2.15. The van der Waals surface area contributed by atoms with Crippen molar-refractivity contribution >= 4 is 17.7 Å². The Labute approximate surface area is 115 Å². The standard InChI is InChI=1S/C14H14N2O4/c1-16(8-10-6-7-20-9-10)14(19)15-12-5-3-2-4-11(12)13(17)18/h2-7,9H,8H2,1H3,(H,15,19)(H,17,18). The van der Waals surface area contributed by atoms with E-state index in [4.69, 9.17) is 9.52 Å². The number of amides is 2. The predicted octanol–water partition coefficient (Wildman–Crippen LogP) is 2.64. The molecule has 2 rings (SSSR count). The van der Waals surface area contributed by atoms with Gasteiger partial charge in [-0.05, 0) is 18.2 Å². The van der Waals surface area contributed by atoms with Crippen LogP contribution in [0, 0.1) is 0 Å². The Morgan fingerprint density at radius 1 is 1.30 bits per heavy atom. The fraction of sp³-hybridized carbons (Fsp3) is 0.143. The predicted molar refractivity (Wildman–Crippen MR) is 72.6 cm³/mol. The van der Waals surface area contributed by atoms with Crippen LogP contribution in [0.25, 0.3) is 0 Å². The van der Waals surface area contributed by atoms with Gasteiger partial charge in [-0.3, -0.25) is 0 Å². The van der Waals surface area contributed by atoms with Crippen molar-refractivity contribution in [3.63, 3.8) is 0 Å². The van der Waals surface area contributed by atoms with E-state index in [1.54, 1.807) is 37.6 Å². The lowest BCUT2D eigenvalue weighted by Crippen LogP contribution is -2.31. The van der Waals surface area contributed by atoms with Crippen LogP contribution in [-0.4, -0.2) is 29.1 Å². The van der Waals surface area contributed by atoms with Crippen LogP contribution in [0.1, 0.15) is 15.9 Å². The van der Waals surface area contributed by atoms with Crippen LogP contribution in [0.2, 0.25) is 0 Å². The zero-order valence-electron chi connectivity index (χ0n) is 10.9. The molecule has 2 N–H and O–H groups in total. The fourth-order valence-corrected chi connectivity index (χ4v) is 1.72. The fourth-order valence-electron chi connectivity index (χ4n) is 1.72. The van der Waals surface area contributed by atoms with Crippen LogP contribution in [0.3, 0.4) is 0 Å². The number of nitrogens with zero attached hydrogens (tertiary/aromatic N) is 1. The Kier molecular flexibility index (Phi) is 4.05. The molecule has 1 heterocycles. The Morgan fingerprint density at radius 2 is 2.05 bits per heavy atom. The third-order valence-corrected chi connectivity index (χ3v) is 2.75. The average molecular weight is 274 g/mol. The number of aromatic carboxylic acids is 1. The quantitative estimate of drug-likeness (QED) is 0.897. The highest BCUT2D eigenvalue weighted by molar-refractivity contribution is 5.99. The van der Waals surface area contributed by atoms with Crippen molar-refractivity contribution in [2.24, 2.45) is 0 Å². The molecule has 0 unspecified atom stereocenters. The molecule has 0 fully saturated rings. The van der Waals surface area contributed by atoms with Gasteiger partial charge in [0.25, 0.3) is 0 Å². The molecule has 0 aliphatic rings. The van der Waals surface area contributed by atoms with E-state index in [9.17, 15) is 9.59 Å². The zero-order valence-corrected chi connectivity index (χ0v) is 10.9. The van der Waals surface area contributed by atoms with Gasteiger partial charge in [-0.1, -0.05) is 12.1 Å². The van der Waals surface area contributed by atoms with Gasteiger partial charge in [0.05, 0.1) is 30.3 Å². The number of carbonyl (C=O) groups is 2. The van der Waals surface area contributed by atoms with Gasteiger partial charge in [0.2, 0.25) is 0 Å². The molecular weight excluding hydrogens is 260 g/mol. The first-order valence-corrected chi connectivity index (χ1v) is 5.93. The van der Waals surface area contributed by atoms with Crippen LogP contribution in [0.15, 0.2) is 47.3 Å². The molecular formula is C14H14N2O4. The molecule has 104 valence electrons. The van der Waals surface area contributed by atoms with Crippen molar-refractivity contribution in [3.05, 3.63) is 54.0 Å². The van der Waals surface area contributed by atoms with Crippen molar-refractivity contribution in [2.75, 3.05) is 12.4 Å². The summed E-state index contributed by atoms with van der Waals surface area (Å²) in [6.07, 6.45) is 3.08. The molecule has 0 spiro atoms. The lowest BCUT2D eigenvalue weighted by Gasteiger charge is -2.17. The molecule has 0 bridgehead atoms. The number of furan rings is 1. The minimum Gasteiger partial charge on any atom is -0.478 e. The second-order valence-corrected chi connectivity index (χ2v) is 4.27. The summed E-state index contributed by atoms with van der Waals surface area (Å²) in [5.74, 6) is -1.08.